The molecule has 0 aromatic rings. The third-order valence-electron chi connectivity index (χ3n) is 2.58. The SMILES string of the molecule is CCCCCC#CCC1OC1C(O)C#CCCl. The molecular weight excluding hydrogens is 236 g/mol. The first kappa shape index (κ1) is 14.4. The predicted octanol–water partition coefficient (Wildman–Crippen LogP) is 2.33. The Hall–Kier alpha value is -0.670. The van der Waals surface area contributed by atoms with Crippen molar-refractivity contribution < 1.29 is 9.84 Å². The molecular formula is C14H19ClO2. The molecule has 2 nitrogen and oxygen atoms in total. The third kappa shape index (κ3) is 5.99. The Balaban J connectivity index is 2.11. The number of aliphatic hydroxyl groups is 1. The maximum Gasteiger partial charge on any atom is 0.143 e. The molecule has 0 bridgehead atoms. The standard InChI is InChI=1S/C14H19ClO2/c1-2-3-4-5-6-7-10-13-14(17-13)12(16)9-8-11-15/h12-14,16H,2-5,10-11H2,1H3. The van der Waals surface area contributed by atoms with Crippen LogP contribution in [0.4, 0.5) is 0 Å². The van der Waals surface area contributed by atoms with Gasteiger partial charge in [0.05, 0.1) is 12.0 Å². The second kappa shape index (κ2) is 8.43. The van der Waals surface area contributed by atoms with Crippen LogP contribution in [0.3, 0.4) is 0 Å². The summed E-state index contributed by atoms with van der Waals surface area (Å²) in [5.74, 6) is 11.7. The normalized spacial score (nSPS) is 23.0. The molecule has 1 rings (SSSR count). The Morgan fingerprint density at radius 3 is 2.82 bits per heavy atom. The molecule has 1 aliphatic rings. The van der Waals surface area contributed by atoms with E-state index in [1.165, 1.54) is 19.3 Å². The highest BCUT2D eigenvalue weighted by Crippen LogP contribution is 2.27. The number of hydrogen-bond donors (Lipinski definition) is 1. The monoisotopic (exact) mass is 254 g/mol. The Morgan fingerprint density at radius 2 is 2.12 bits per heavy atom. The molecule has 0 spiro atoms. The highest BCUT2D eigenvalue weighted by molar-refractivity contribution is 6.19. The highest BCUT2D eigenvalue weighted by atomic mass is 35.5. The van der Waals surface area contributed by atoms with Gasteiger partial charge in [0.15, 0.2) is 0 Å². The molecule has 0 saturated carbocycles. The van der Waals surface area contributed by atoms with E-state index in [1.54, 1.807) is 0 Å². The third-order valence-corrected chi connectivity index (χ3v) is 2.72. The van der Waals surface area contributed by atoms with Crippen LogP contribution < -0.4 is 0 Å². The van der Waals surface area contributed by atoms with Gasteiger partial charge in [0.2, 0.25) is 0 Å². The number of unbranched alkanes of at least 4 members (excludes halogenated alkanes) is 3. The van der Waals surface area contributed by atoms with E-state index in [-0.39, 0.29) is 18.1 Å². The summed E-state index contributed by atoms with van der Waals surface area (Å²) in [6.07, 6.45) is 4.44. The summed E-state index contributed by atoms with van der Waals surface area (Å²) in [5, 5.41) is 9.56. The number of epoxide rings is 1. The van der Waals surface area contributed by atoms with Crippen molar-refractivity contribution in [3.05, 3.63) is 0 Å². The summed E-state index contributed by atoms with van der Waals surface area (Å²) >= 11 is 5.40. The van der Waals surface area contributed by atoms with Gasteiger partial charge in [-0.2, -0.15) is 0 Å². The summed E-state index contributed by atoms with van der Waals surface area (Å²) in [6.45, 7) is 2.18. The van der Waals surface area contributed by atoms with Crippen molar-refractivity contribution in [1.29, 1.82) is 0 Å². The number of rotatable bonds is 5. The molecule has 0 aromatic heterocycles. The van der Waals surface area contributed by atoms with Crippen LogP contribution in [-0.4, -0.2) is 29.3 Å². The molecule has 0 aromatic carbocycles. The van der Waals surface area contributed by atoms with E-state index in [4.69, 9.17) is 16.3 Å². The van der Waals surface area contributed by atoms with E-state index in [0.29, 0.717) is 6.42 Å². The molecule has 3 unspecified atom stereocenters. The van der Waals surface area contributed by atoms with E-state index in [9.17, 15) is 5.11 Å². The van der Waals surface area contributed by atoms with Gasteiger partial charge in [-0.1, -0.05) is 31.6 Å². The molecule has 94 valence electrons. The lowest BCUT2D eigenvalue weighted by Crippen LogP contribution is -2.14. The molecule has 1 aliphatic heterocycles. The Morgan fingerprint density at radius 1 is 1.29 bits per heavy atom. The van der Waals surface area contributed by atoms with Crippen LogP contribution in [0.2, 0.25) is 0 Å². The molecule has 3 atom stereocenters. The Kier molecular flexibility index (Phi) is 7.13. The Labute approximate surface area is 109 Å². The van der Waals surface area contributed by atoms with Crippen molar-refractivity contribution in [3.8, 4) is 23.7 Å². The zero-order chi connectivity index (χ0) is 12.5. The van der Waals surface area contributed by atoms with Crippen LogP contribution in [0.1, 0.15) is 39.0 Å². The van der Waals surface area contributed by atoms with Crippen LogP contribution in [0.25, 0.3) is 0 Å². The van der Waals surface area contributed by atoms with Crippen molar-refractivity contribution in [2.45, 2.75) is 57.3 Å². The predicted molar refractivity (Wildman–Crippen MR) is 69.7 cm³/mol. The fourth-order valence-corrected chi connectivity index (χ4v) is 1.63. The van der Waals surface area contributed by atoms with Crippen LogP contribution >= 0.6 is 11.6 Å². The van der Waals surface area contributed by atoms with Gasteiger partial charge in [-0.3, -0.25) is 0 Å². The molecule has 0 aliphatic carbocycles. The minimum atomic E-state index is -0.722. The minimum Gasteiger partial charge on any atom is -0.378 e. The largest absolute Gasteiger partial charge is 0.378 e. The molecule has 0 amide bonds. The number of alkyl halides is 1. The van der Waals surface area contributed by atoms with Gasteiger partial charge in [-0.05, 0) is 6.42 Å². The first-order valence-corrected chi connectivity index (χ1v) is 6.66. The summed E-state index contributed by atoms with van der Waals surface area (Å²) in [7, 11) is 0. The highest BCUT2D eigenvalue weighted by Gasteiger charge is 2.43. The van der Waals surface area contributed by atoms with Gasteiger partial charge in [0, 0.05) is 12.8 Å². The molecule has 1 saturated heterocycles. The fraction of sp³-hybridized carbons (Fsp3) is 0.714. The molecule has 0 radical (unpaired) electrons. The van der Waals surface area contributed by atoms with Gasteiger partial charge in [0.25, 0.3) is 0 Å². The quantitative estimate of drug-likeness (QED) is 0.354. The number of aliphatic hydroxyl groups excluding tert-OH is 1. The van der Waals surface area contributed by atoms with E-state index in [1.807, 2.05) is 0 Å². The molecule has 1 heterocycles. The number of ether oxygens (including phenoxy) is 1. The second-order valence-corrected chi connectivity index (χ2v) is 4.32. The van der Waals surface area contributed by atoms with Crippen LogP contribution in [0.5, 0.6) is 0 Å². The topological polar surface area (TPSA) is 32.8 Å². The molecule has 17 heavy (non-hydrogen) atoms. The van der Waals surface area contributed by atoms with Crippen molar-refractivity contribution in [2.75, 3.05) is 5.88 Å². The van der Waals surface area contributed by atoms with Crippen LogP contribution in [0, 0.1) is 23.7 Å². The summed E-state index contributed by atoms with van der Waals surface area (Å²) in [5.41, 5.74) is 0. The lowest BCUT2D eigenvalue weighted by molar-refractivity contribution is 0.185. The van der Waals surface area contributed by atoms with Gasteiger partial charge in [-0.25, -0.2) is 0 Å². The average molecular weight is 255 g/mol. The lowest BCUT2D eigenvalue weighted by Gasteiger charge is -1.94. The first-order chi connectivity index (χ1) is 8.29. The Bertz CT molecular complexity index is 332. The van der Waals surface area contributed by atoms with Crippen molar-refractivity contribution in [1.82, 2.24) is 0 Å². The number of halogens is 1. The maximum absolute atomic E-state index is 9.56. The maximum atomic E-state index is 9.56. The van der Waals surface area contributed by atoms with E-state index < -0.39 is 6.10 Å². The van der Waals surface area contributed by atoms with Gasteiger partial charge in [-0.15, -0.1) is 23.4 Å². The van der Waals surface area contributed by atoms with Crippen LogP contribution in [0.15, 0.2) is 0 Å². The summed E-state index contributed by atoms with van der Waals surface area (Å²) < 4.78 is 5.31. The summed E-state index contributed by atoms with van der Waals surface area (Å²) in [4.78, 5) is 0. The molecule has 3 heteroatoms. The van der Waals surface area contributed by atoms with Crippen molar-refractivity contribution in [2.24, 2.45) is 0 Å². The van der Waals surface area contributed by atoms with E-state index in [0.717, 1.165) is 6.42 Å². The fourth-order valence-electron chi connectivity index (χ4n) is 1.55. The zero-order valence-corrected chi connectivity index (χ0v) is 11.0. The first-order valence-electron chi connectivity index (χ1n) is 6.13. The van der Waals surface area contributed by atoms with E-state index in [2.05, 4.69) is 30.6 Å². The van der Waals surface area contributed by atoms with Gasteiger partial charge in [0.1, 0.15) is 12.2 Å². The van der Waals surface area contributed by atoms with Gasteiger partial charge < -0.3 is 9.84 Å². The average Bonchev–Trinajstić information content (AvgIpc) is 3.10. The van der Waals surface area contributed by atoms with Crippen molar-refractivity contribution >= 4 is 11.6 Å². The molecule has 1 fully saturated rings. The lowest BCUT2D eigenvalue weighted by atomic mass is 10.1. The van der Waals surface area contributed by atoms with Crippen LogP contribution in [-0.2, 0) is 4.74 Å². The van der Waals surface area contributed by atoms with Gasteiger partial charge >= 0.3 is 0 Å². The van der Waals surface area contributed by atoms with E-state index >= 15 is 0 Å². The van der Waals surface area contributed by atoms with Crippen molar-refractivity contribution in [3.63, 3.8) is 0 Å². The smallest absolute Gasteiger partial charge is 0.143 e. The second-order valence-electron chi connectivity index (χ2n) is 4.05. The summed E-state index contributed by atoms with van der Waals surface area (Å²) in [6, 6.07) is 0. The minimum absolute atomic E-state index is 0.0494. The zero-order valence-electron chi connectivity index (χ0n) is 10.2. The number of hydrogen-bond acceptors (Lipinski definition) is 2. The molecule has 1 N–H and O–H groups in total.